The van der Waals surface area contributed by atoms with Gasteiger partial charge < -0.3 is 5.32 Å². The number of halogens is 1. The molecule has 8 heteroatoms. The summed E-state index contributed by atoms with van der Waals surface area (Å²) in [7, 11) is 1.44. The van der Waals surface area contributed by atoms with Gasteiger partial charge in [-0.25, -0.2) is 4.68 Å². The van der Waals surface area contributed by atoms with Crippen LogP contribution in [0.5, 0.6) is 0 Å². The van der Waals surface area contributed by atoms with Gasteiger partial charge >= 0.3 is 0 Å². The highest BCUT2D eigenvalue weighted by Crippen LogP contribution is 2.21. The predicted octanol–water partition coefficient (Wildman–Crippen LogP) is 0.585. The minimum Gasteiger partial charge on any atom is -0.371 e. The molecule has 2 heterocycles. The van der Waals surface area contributed by atoms with Crippen molar-refractivity contribution in [2.45, 2.75) is 32.4 Å². The molecule has 1 fully saturated rings. The molecule has 2 amide bonds. The first-order valence-electron chi connectivity index (χ1n) is 6.28. The predicted molar refractivity (Wildman–Crippen MR) is 76.3 cm³/mol. The summed E-state index contributed by atoms with van der Waals surface area (Å²) in [5.74, 6) is -0.546. The Morgan fingerprint density at radius 2 is 2.15 bits per heavy atom. The van der Waals surface area contributed by atoms with Gasteiger partial charge in [-0.3, -0.25) is 19.3 Å². The van der Waals surface area contributed by atoms with E-state index in [1.54, 1.807) is 0 Å². The second-order valence-electron chi connectivity index (χ2n) is 4.59. The third-order valence-electron chi connectivity index (χ3n) is 3.13. The van der Waals surface area contributed by atoms with Gasteiger partial charge in [0.25, 0.3) is 11.5 Å². The van der Waals surface area contributed by atoms with Crippen molar-refractivity contribution in [3.63, 3.8) is 0 Å². The minimum atomic E-state index is -0.646. The van der Waals surface area contributed by atoms with Crippen molar-refractivity contribution in [3.8, 4) is 0 Å². The number of aromatic nitrogens is 2. The molecule has 0 radical (unpaired) electrons. The van der Waals surface area contributed by atoms with Gasteiger partial charge in [-0.1, -0.05) is 6.92 Å². The number of hydrogen-bond donors (Lipinski definition) is 1. The lowest BCUT2D eigenvalue weighted by Gasteiger charge is -2.14. The molecule has 1 atom stereocenters. The van der Waals surface area contributed by atoms with E-state index >= 15 is 0 Å². The normalized spacial score (nSPS) is 18.8. The molecule has 1 saturated heterocycles. The average Bonchev–Trinajstić information content (AvgIpc) is 2.66. The van der Waals surface area contributed by atoms with E-state index in [0.717, 1.165) is 11.3 Å². The number of likely N-dealkylation sites (tertiary alicyclic amines) is 1. The molecule has 0 saturated carbocycles. The number of rotatable bonds is 4. The number of nitrogens with one attached hydrogen (secondary N) is 1. The van der Waals surface area contributed by atoms with E-state index in [0.29, 0.717) is 16.7 Å². The molecule has 0 bridgehead atoms. The monoisotopic (exact) mass is 342 g/mol. The fourth-order valence-corrected chi connectivity index (χ4v) is 2.41. The molecule has 108 valence electrons. The number of hydrogen-bond acceptors (Lipinski definition) is 5. The van der Waals surface area contributed by atoms with Crippen molar-refractivity contribution in [2.24, 2.45) is 0 Å². The highest BCUT2D eigenvalue weighted by Gasteiger charge is 2.36. The van der Waals surface area contributed by atoms with E-state index in [2.05, 4.69) is 26.3 Å². The van der Waals surface area contributed by atoms with Crippen LogP contribution in [0.4, 0.5) is 5.69 Å². The minimum absolute atomic E-state index is 0.0832. The zero-order valence-electron chi connectivity index (χ0n) is 11.2. The van der Waals surface area contributed by atoms with Crippen LogP contribution in [0.2, 0.25) is 0 Å². The van der Waals surface area contributed by atoms with E-state index in [-0.39, 0.29) is 23.8 Å². The van der Waals surface area contributed by atoms with Crippen LogP contribution in [-0.4, -0.2) is 39.6 Å². The van der Waals surface area contributed by atoms with Gasteiger partial charge in [0.1, 0.15) is 10.5 Å². The molecular formula is C12H15BrN4O3. The number of amides is 2. The lowest BCUT2D eigenvalue weighted by atomic mass is 10.2. The lowest BCUT2D eigenvalue weighted by molar-refractivity contribution is -0.136. The van der Waals surface area contributed by atoms with Crippen LogP contribution in [-0.2, 0) is 16.1 Å². The van der Waals surface area contributed by atoms with Crippen LogP contribution in [0.25, 0.3) is 0 Å². The standard InChI is InChI=1S/C12H15BrN4O3/c1-3-4-17-12(20)10(13)8(6-14-17)15-7-5-9(18)16(2)11(7)19/h6-7,15H,3-5H2,1-2H3. The molecule has 1 aliphatic rings. The van der Waals surface area contributed by atoms with Crippen LogP contribution in [0, 0.1) is 0 Å². The van der Waals surface area contributed by atoms with E-state index in [1.807, 2.05) is 6.92 Å². The van der Waals surface area contributed by atoms with Crippen molar-refractivity contribution < 1.29 is 9.59 Å². The smallest absolute Gasteiger partial charge is 0.283 e. The fourth-order valence-electron chi connectivity index (χ4n) is 1.99. The number of aryl methyl sites for hydroxylation is 1. The van der Waals surface area contributed by atoms with Crippen LogP contribution in [0.3, 0.4) is 0 Å². The van der Waals surface area contributed by atoms with E-state index < -0.39 is 6.04 Å². The zero-order chi connectivity index (χ0) is 14.9. The Hall–Kier alpha value is -1.70. The first-order chi connectivity index (χ1) is 9.45. The third kappa shape index (κ3) is 2.60. The Morgan fingerprint density at radius 1 is 1.45 bits per heavy atom. The Labute approximate surface area is 124 Å². The average molecular weight is 343 g/mol. The van der Waals surface area contributed by atoms with Gasteiger partial charge in [-0.05, 0) is 22.4 Å². The number of likely N-dealkylation sites (N-methyl/N-ethyl adjacent to an activating group) is 1. The Kier molecular flexibility index (Phi) is 4.22. The first-order valence-corrected chi connectivity index (χ1v) is 7.07. The maximum absolute atomic E-state index is 12.0. The number of carbonyl (C=O) groups is 2. The molecule has 1 aromatic heterocycles. The number of anilines is 1. The van der Waals surface area contributed by atoms with Gasteiger partial charge in [0, 0.05) is 13.6 Å². The van der Waals surface area contributed by atoms with E-state index in [9.17, 15) is 14.4 Å². The van der Waals surface area contributed by atoms with Gasteiger partial charge in [-0.2, -0.15) is 5.10 Å². The van der Waals surface area contributed by atoms with Gasteiger partial charge in [-0.15, -0.1) is 0 Å². The Bertz CT molecular complexity index is 613. The SMILES string of the molecule is CCCn1ncc(NC2CC(=O)N(C)C2=O)c(Br)c1=O. The maximum atomic E-state index is 12.0. The van der Waals surface area contributed by atoms with Crippen molar-refractivity contribution in [2.75, 3.05) is 12.4 Å². The van der Waals surface area contributed by atoms with Gasteiger partial charge in [0.2, 0.25) is 5.91 Å². The van der Waals surface area contributed by atoms with Gasteiger partial charge in [0.05, 0.1) is 18.3 Å². The Balaban J connectivity index is 2.23. The molecule has 0 aromatic carbocycles. The molecule has 7 nitrogen and oxygen atoms in total. The highest BCUT2D eigenvalue weighted by atomic mass is 79.9. The number of carbonyl (C=O) groups excluding carboxylic acids is 2. The first kappa shape index (κ1) is 14.7. The summed E-state index contributed by atoms with van der Waals surface area (Å²) in [5.41, 5.74) is 0.158. The fraction of sp³-hybridized carbons (Fsp3) is 0.500. The summed E-state index contributed by atoms with van der Waals surface area (Å²) >= 11 is 3.21. The van der Waals surface area contributed by atoms with Gasteiger partial charge in [0.15, 0.2) is 0 Å². The largest absolute Gasteiger partial charge is 0.371 e. The molecular weight excluding hydrogens is 328 g/mol. The molecule has 1 N–H and O–H groups in total. The topological polar surface area (TPSA) is 84.3 Å². The van der Waals surface area contributed by atoms with E-state index in [4.69, 9.17) is 0 Å². The second-order valence-corrected chi connectivity index (χ2v) is 5.39. The summed E-state index contributed by atoms with van der Waals surface area (Å²) in [6.45, 7) is 2.48. The van der Waals surface area contributed by atoms with Crippen molar-refractivity contribution in [3.05, 3.63) is 21.0 Å². The highest BCUT2D eigenvalue weighted by molar-refractivity contribution is 9.10. The quantitative estimate of drug-likeness (QED) is 0.809. The molecule has 0 spiro atoms. The summed E-state index contributed by atoms with van der Waals surface area (Å²) < 4.78 is 1.67. The molecule has 2 rings (SSSR count). The lowest BCUT2D eigenvalue weighted by Crippen LogP contribution is -2.33. The van der Waals surface area contributed by atoms with Crippen molar-refractivity contribution in [1.29, 1.82) is 0 Å². The third-order valence-corrected chi connectivity index (χ3v) is 3.90. The molecule has 1 aliphatic heterocycles. The molecule has 0 aliphatic carbocycles. The van der Waals surface area contributed by atoms with Crippen molar-refractivity contribution in [1.82, 2.24) is 14.7 Å². The summed E-state index contributed by atoms with van der Waals surface area (Å²) in [5, 5.41) is 6.93. The van der Waals surface area contributed by atoms with Crippen molar-refractivity contribution >= 4 is 33.4 Å². The summed E-state index contributed by atoms with van der Waals surface area (Å²) in [4.78, 5) is 36.4. The summed E-state index contributed by atoms with van der Waals surface area (Å²) in [6, 6.07) is -0.646. The molecule has 1 unspecified atom stereocenters. The van der Waals surface area contributed by atoms with Crippen LogP contribution < -0.4 is 10.9 Å². The Morgan fingerprint density at radius 3 is 2.70 bits per heavy atom. The maximum Gasteiger partial charge on any atom is 0.283 e. The second kappa shape index (κ2) is 5.74. The summed E-state index contributed by atoms with van der Waals surface area (Å²) in [6.07, 6.45) is 2.36. The zero-order valence-corrected chi connectivity index (χ0v) is 12.8. The molecule has 20 heavy (non-hydrogen) atoms. The molecule has 1 aromatic rings. The van der Waals surface area contributed by atoms with E-state index in [1.165, 1.54) is 17.9 Å². The number of imide groups is 1. The van der Waals surface area contributed by atoms with Crippen LogP contribution in [0.15, 0.2) is 15.5 Å². The van der Waals surface area contributed by atoms with Crippen LogP contribution in [0.1, 0.15) is 19.8 Å². The van der Waals surface area contributed by atoms with Crippen LogP contribution >= 0.6 is 15.9 Å². The number of nitrogens with zero attached hydrogens (tertiary/aromatic N) is 3.